The minimum Gasteiger partial charge on any atom is -0.332 e. The lowest BCUT2D eigenvalue weighted by atomic mass is 10.1. The Morgan fingerprint density at radius 1 is 1.07 bits per heavy atom. The molecule has 1 aliphatic rings. The Hall–Kier alpha value is -2.87. The number of likely N-dealkylation sites (N-methyl/N-ethyl adjacent to an activating group) is 1. The van der Waals surface area contributed by atoms with Crippen molar-refractivity contribution in [2.45, 2.75) is 25.9 Å². The molecule has 3 rings (SSSR count). The Balaban J connectivity index is 1.75. The normalized spacial score (nSPS) is 16.6. The lowest BCUT2D eigenvalue weighted by Crippen LogP contribution is -2.37. The van der Waals surface area contributed by atoms with E-state index >= 15 is 0 Å². The van der Waals surface area contributed by atoms with Crippen LogP contribution in [0.4, 0.5) is 14.5 Å². The smallest absolute Gasteiger partial charge is 0.252 e. The van der Waals surface area contributed by atoms with Crippen LogP contribution in [0.3, 0.4) is 0 Å². The van der Waals surface area contributed by atoms with Gasteiger partial charge in [-0.3, -0.25) is 14.5 Å². The van der Waals surface area contributed by atoms with E-state index in [-0.39, 0.29) is 30.6 Å². The molecule has 0 saturated carbocycles. The number of anilines is 1. The van der Waals surface area contributed by atoms with Crippen LogP contribution < -0.4 is 5.32 Å². The van der Waals surface area contributed by atoms with Crippen molar-refractivity contribution < 1.29 is 18.4 Å². The van der Waals surface area contributed by atoms with Gasteiger partial charge in [0.25, 0.3) is 5.91 Å². The topological polar surface area (TPSA) is 52.7 Å². The molecule has 1 unspecified atom stereocenters. The van der Waals surface area contributed by atoms with E-state index in [9.17, 15) is 18.4 Å². The summed E-state index contributed by atoms with van der Waals surface area (Å²) in [5.74, 6) is -1.38. The molecule has 0 aromatic heterocycles. The zero-order chi connectivity index (χ0) is 20.3. The van der Waals surface area contributed by atoms with Gasteiger partial charge in [0.1, 0.15) is 17.7 Å². The summed E-state index contributed by atoms with van der Waals surface area (Å²) < 4.78 is 26.2. The van der Waals surface area contributed by atoms with Gasteiger partial charge in [0.15, 0.2) is 5.11 Å². The Morgan fingerprint density at radius 3 is 2.21 bits per heavy atom. The van der Waals surface area contributed by atoms with Gasteiger partial charge in [-0.15, -0.1) is 0 Å². The maximum Gasteiger partial charge on any atom is 0.252 e. The summed E-state index contributed by atoms with van der Waals surface area (Å²) in [6, 6.07) is 10.5. The summed E-state index contributed by atoms with van der Waals surface area (Å²) in [6.45, 7) is 2.49. The predicted octanol–water partition coefficient (Wildman–Crippen LogP) is 3.31. The first-order valence-electron chi connectivity index (χ1n) is 8.81. The Bertz CT molecular complexity index is 887. The van der Waals surface area contributed by atoms with Crippen molar-refractivity contribution in [2.75, 3.05) is 11.9 Å². The van der Waals surface area contributed by atoms with Crippen molar-refractivity contribution in [1.29, 1.82) is 0 Å². The molecule has 8 heteroatoms. The van der Waals surface area contributed by atoms with Crippen molar-refractivity contribution in [3.05, 3.63) is 65.7 Å². The van der Waals surface area contributed by atoms with E-state index in [4.69, 9.17) is 12.2 Å². The molecule has 1 fully saturated rings. The summed E-state index contributed by atoms with van der Waals surface area (Å²) >= 11 is 5.42. The molecule has 1 saturated heterocycles. The first-order chi connectivity index (χ1) is 13.4. The van der Waals surface area contributed by atoms with Gasteiger partial charge in [0, 0.05) is 18.8 Å². The second-order valence-corrected chi connectivity index (χ2v) is 6.76. The van der Waals surface area contributed by atoms with Crippen molar-refractivity contribution in [1.82, 2.24) is 9.80 Å². The van der Waals surface area contributed by atoms with Crippen molar-refractivity contribution in [3.8, 4) is 0 Å². The third-order valence-corrected chi connectivity index (χ3v) is 4.95. The lowest BCUT2D eigenvalue weighted by molar-refractivity contribution is -0.130. The van der Waals surface area contributed by atoms with Crippen LogP contribution in [0.2, 0.25) is 0 Å². The van der Waals surface area contributed by atoms with Crippen LogP contribution in [0.15, 0.2) is 48.5 Å². The van der Waals surface area contributed by atoms with E-state index in [0.29, 0.717) is 17.3 Å². The quantitative estimate of drug-likeness (QED) is 0.752. The number of amides is 2. The third-order valence-electron chi connectivity index (χ3n) is 4.49. The Kier molecular flexibility index (Phi) is 5.99. The molecular weight excluding hydrogens is 384 g/mol. The molecule has 1 aliphatic heterocycles. The summed E-state index contributed by atoms with van der Waals surface area (Å²) in [5.41, 5.74) is 1.22. The minimum atomic E-state index is -0.752. The molecule has 0 spiro atoms. The van der Waals surface area contributed by atoms with Gasteiger partial charge < -0.3 is 10.2 Å². The number of benzene rings is 2. The fourth-order valence-corrected chi connectivity index (χ4v) is 3.48. The zero-order valence-corrected chi connectivity index (χ0v) is 16.0. The van der Waals surface area contributed by atoms with E-state index in [0.717, 1.165) is 5.56 Å². The highest BCUT2D eigenvalue weighted by molar-refractivity contribution is 7.80. The molecule has 0 aliphatic carbocycles. The van der Waals surface area contributed by atoms with Crippen LogP contribution in [-0.2, 0) is 16.1 Å². The van der Waals surface area contributed by atoms with Gasteiger partial charge in [0.05, 0.1) is 6.42 Å². The molecule has 2 amide bonds. The largest absolute Gasteiger partial charge is 0.332 e. The number of nitrogens with zero attached hydrogens (tertiary/aromatic N) is 2. The monoisotopic (exact) mass is 403 g/mol. The van der Waals surface area contributed by atoms with Crippen LogP contribution in [0, 0.1) is 11.6 Å². The number of carbonyl (C=O) groups is 2. The molecule has 2 aromatic carbocycles. The Labute approximate surface area is 166 Å². The second-order valence-electron chi connectivity index (χ2n) is 6.39. The first-order valence-corrected chi connectivity index (χ1v) is 9.21. The maximum atomic E-state index is 13.2. The van der Waals surface area contributed by atoms with Crippen LogP contribution >= 0.6 is 12.2 Å². The number of thiocarbonyl (C=S) groups is 1. The SMILES string of the molecule is CCN1C(=O)C(CC(=O)Nc2ccc(F)cc2)N(Cc2ccc(F)cc2)C1=S. The Morgan fingerprint density at radius 2 is 1.64 bits per heavy atom. The molecule has 1 atom stereocenters. The van der Waals surface area contributed by atoms with Gasteiger partial charge in [-0.2, -0.15) is 0 Å². The maximum absolute atomic E-state index is 13.2. The third kappa shape index (κ3) is 4.33. The summed E-state index contributed by atoms with van der Waals surface area (Å²) in [5, 5.41) is 3.00. The number of halogens is 2. The molecule has 0 radical (unpaired) electrons. The number of nitrogens with one attached hydrogen (secondary N) is 1. The summed E-state index contributed by atoms with van der Waals surface area (Å²) in [6.07, 6.45) is -0.103. The van der Waals surface area contributed by atoms with Crippen molar-refractivity contribution in [2.24, 2.45) is 0 Å². The van der Waals surface area contributed by atoms with Crippen molar-refractivity contribution in [3.63, 3.8) is 0 Å². The molecule has 0 bridgehead atoms. The standard InChI is InChI=1S/C20H19F2N3O2S/c1-2-24-19(27)17(11-18(26)23-16-9-7-15(22)8-10-16)25(20(24)28)12-13-3-5-14(21)6-4-13/h3-10,17H,2,11-12H2,1H3,(H,23,26). The van der Waals surface area contributed by atoms with E-state index in [1.54, 1.807) is 24.0 Å². The van der Waals surface area contributed by atoms with Crippen LogP contribution in [-0.4, -0.2) is 39.3 Å². The number of rotatable bonds is 6. The number of carbonyl (C=O) groups excluding carboxylic acids is 2. The molecule has 1 N–H and O–H groups in total. The summed E-state index contributed by atoms with van der Waals surface area (Å²) in [4.78, 5) is 28.3. The molecule has 28 heavy (non-hydrogen) atoms. The van der Waals surface area contributed by atoms with E-state index in [1.165, 1.54) is 41.3 Å². The van der Waals surface area contributed by atoms with E-state index < -0.39 is 11.9 Å². The highest BCUT2D eigenvalue weighted by atomic mass is 32.1. The van der Waals surface area contributed by atoms with E-state index in [2.05, 4.69) is 5.32 Å². The van der Waals surface area contributed by atoms with Gasteiger partial charge in [-0.25, -0.2) is 8.78 Å². The zero-order valence-electron chi connectivity index (χ0n) is 15.2. The predicted molar refractivity (Wildman–Crippen MR) is 105 cm³/mol. The van der Waals surface area contributed by atoms with Gasteiger partial charge in [0.2, 0.25) is 5.91 Å². The van der Waals surface area contributed by atoms with Crippen LogP contribution in [0.1, 0.15) is 18.9 Å². The van der Waals surface area contributed by atoms with Gasteiger partial charge >= 0.3 is 0 Å². The van der Waals surface area contributed by atoms with Crippen molar-refractivity contribution >= 4 is 34.8 Å². The van der Waals surface area contributed by atoms with Crippen LogP contribution in [0.5, 0.6) is 0 Å². The highest BCUT2D eigenvalue weighted by Gasteiger charge is 2.42. The lowest BCUT2D eigenvalue weighted by Gasteiger charge is -2.24. The molecule has 2 aromatic rings. The van der Waals surface area contributed by atoms with Gasteiger partial charge in [-0.05, 0) is 61.1 Å². The first kappa shape index (κ1) is 19.9. The van der Waals surface area contributed by atoms with Crippen LogP contribution in [0.25, 0.3) is 0 Å². The highest BCUT2D eigenvalue weighted by Crippen LogP contribution is 2.24. The number of hydrogen-bond donors (Lipinski definition) is 1. The number of hydrogen-bond acceptors (Lipinski definition) is 3. The summed E-state index contributed by atoms with van der Waals surface area (Å²) in [7, 11) is 0. The van der Waals surface area contributed by atoms with E-state index in [1.807, 2.05) is 0 Å². The molecular formula is C20H19F2N3O2S. The molecule has 5 nitrogen and oxygen atoms in total. The second kappa shape index (κ2) is 8.43. The fraction of sp³-hybridized carbons (Fsp3) is 0.250. The average Bonchev–Trinajstić information content (AvgIpc) is 2.89. The fourth-order valence-electron chi connectivity index (χ4n) is 3.07. The van der Waals surface area contributed by atoms with Gasteiger partial charge in [-0.1, -0.05) is 12.1 Å². The molecule has 1 heterocycles. The average molecular weight is 403 g/mol. The molecule has 146 valence electrons. The minimum absolute atomic E-state index is 0.103.